The summed E-state index contributed by atoms with van der Waals surface area (Å²) in [6.45, 7) is 3.08. The van der Waals surface area contributed by atoms with Gasteiger partial charge in [0.15, 0.2) is 0 Å². The van der Waals surface area contributed by atoms with Gasteiger partial charge in [-0.25, -0.2) is 0 Å². The lowest BCUT2D eigenvalue weighted by Crippen LogP contribution is -2.06. The molecule has 0 saturated carbocycles. The highest BCUT2D eigenvalue weighted by Gasteiger charge is 2.19. The Morgan fingerprint density at radius 2 is 1.76 bits per heavy atom. The van der Waals surface area contributed by atoms with Gasteiger partial charge in [0.1, 0.15) is 11.2 Å². The summed E-state index contributed by atoms with van der Waals surface area (Å²) in [5, 5.41) is 3.76. The molecule has 1 unspecified atom stereocenters. The molecule has 2 heteroatoms. The number of benzene rings is 2. The molecular weight excluding hydrogens is 275 g/mol. The Labute approximate surface area is 124 Å². The SMILES string of the molecule is CC1=CP(C)(c2cccc3c2oc2ccccc23)=CC=C1. The van der Waals surface area contributed by atoms with Crippen molar-refractivity contribution in [3.05, 3.63) is 66.0 Å². The zero-order valence-electron chi connectivity index (χ0n) is 12.2. The van der Waals surface area contributed by atoms with Gasteiger partial charge in [-0.3, -0.25) is 0 Å². The van der Waals surface area contributed by atoms with Crippen LogP contribution in [0.1, 0.15) is 6.92 Å². The zero-order valence-corrected chi connectivity index (χ0v) is 13.1. The number of furan rings is 1. The van der Waals surface area contributed by atoms with E-state index in [1.807, 2.05) is 12.1 Å². The van der Waals surface area contributed by atoms with Gasteiger partial charge in [-0.1, -0.05) is 72.6 Å². The van der Waals surface area contributed by atoms with Gasteiger partial charge in [-0.2, -0.15) is 0 Å². The minimum atomic E-state index is -1.44. The van der Waals surface area contributed by atoms with Crippen molar-refractivity contribution in [1.82, 2.24) is 0 Å². The molecule has 4 rings (SSSR count). The minimum Gasteiger partial charge on any atom is -0.455 e. The van der Waals surface area contributed by atoms with Crippen molar-refractivity contribution in [2.45, 2.75) is 6.92 Å². The maximum absolute atomic E-state index is 6.19. The topological polar surface area (TPSA) is 13.1 Å². The van der Waals surface area contributed by atoms with Crippen LogP contribution in [0.15, 0.2) is 70.4 Å². The maximum atomic E-state index is 6.19. The summed E-state index contributed by atoms with van der Waals surface area (Å²) in [5.41, 5.74) is 3.35. The minimum absolute atomic E-state index is 0.972. The van der Waals surface area contributed by atoms with E-state index in [-0.39, 0.29) is 0 Å². The van der Waals surface area contributed by atoms with E-state index in [2.05, 4.69) is 67.7 Å². The van der Waals surface area contributed by atoms with Crippen molar-refractivity contribution in [2.24, 2.45) is 0 Å². The smallest absolute Gasteiger partial charge is 0.143 e. The third-order valence-corrected chi connectivity index (χ3v) is 7.25. The van der Waals surface area contributed by atoms with Gasteiger partial charge in [0.25, 0.3) is 0 Å². The molecule has 1 aliphatic heterocycles. The lowest BCUT2D eigenvalue weighted by Gasteiger charge is -2.20. The lowest BCUT2D eigenvalue weighted by atomic mass is 10.1. The summed E-state index contributed by atoms with van der Waals surface area (Å²) in [6, 6.07) is 14.8. The molecule has 2 heterocycles. The summed E-state index contributed by atoms with van der Waals surface area (Å²) in [6.07, 6.45) is 4.35. The molecule has 0 bridgehead atoms. The van der Waals surface area contributed by atoms with E-state index >= 15 is 0 Å². The number of para-hydroxylation sites is 2. The summed E-state index contributed by atoms with van der Waals surface area (Å²) >= 11 is 0. The van der Waals surface area contributed by atoms with Crippen LogP contribution >= 0.6 is 6.89 Å². The molecule has 3 aromatic rings. The summed E-state index contributed by atoms with van der Waals surface area (Å²) < 4.78 is 6.19. The summed E-state index contributed by atoms with van der Waals surface area (Å²) in [5.74, 6) is 4.76. The third kappa shape index (κ3) is 1.92. The molecule has 0 amide bonds. The van der Waals surface area contributed by atoms with Crippen LogP contribution in [0, 0.1) is 0 Å². The Morgan fingerprint density at radius 3 is 2.62 bits per heavy atom. The first kappa shape index (κ1) is 12.7. The fourth-order valence-electron chi connectivity index (χ4n) is 3.14. The molecule has 1 aliphatic rings. The van der Waals surface area contributed by atoms with Crippen molar-refractivity contribution in [1.29, 1.82) is 0 Å². The van der Waals surface area contributed by atoms with Crippen LogP contribution in [0.5, 0.6) is 0 Å². The van der Waals surface area contributed by atoms with E-state index in [9.17, 15) is 0 Å². The van der Waals surface area contributed by atoms with Gasteiger partial charge < -0.3 is 4.42 Å². The molecule has 1 aromatic heterocycles. The molecule has 0 aliphatic carbocycles. The molecule has 2 aromatic carbocycles. The maximum Gasteiger partial charge on any atom is 0.143 e. The average Bonchev–Trinajstić information content (AvgIpc) is 2.85. The van der Waals surface area contributed by atoms with Gasteiger partial charge in [-0.05, 0) is 19.7 Å². The highest BCUT2D eigenvalue weighted by Crippen LogP contribution is 2.48. The van der Waals surface area contributed by atoms with Crippen molar-refractivity contribution >= 4 is 39.9 Å². The van der Waals surface area contributed by atoms with Gasteiger partial charge in [0, 0.05) is 16.1 Å². The molecule has 104 valence electrons. The molecule has 1 atom stereocenters. The number of fused-ring (bicyclic) bond motifs is 3. The fourth-order valence-corrected chi connectivity index (χ4v) is 5.92. The van der Waals surface area contributed by atoms with Crippen molar-refractivity contribution in [3.8, 4) is 0 Å². The largest absolute Gasteiger partial charge is 0.455 e. The molecule has 1 nitrogen and oxygen atoms in total. The van der Waals surface area contributed by atoms with Crippen LogP contribution in [0.3, 0.4) is 0 Å². The van der Waals surface area contributed by atoms with E-state index in [1.54, 1.807) is 0 Å². The first-order valence-electron chi connectivity index (χ1n) is 7.16. The average molecular weight is 292 g/mol. The predicted octanol–water partition coefficient (Wildman–Crippen LogP) is 5.13. The Kier molecular flexibility index (Phi) is 2.74. The van der Waals surface area contributed by atoms with Crippen LogP contribution in [0.4, 0.5) is 0 Å². The Balaban J connectivity index is 2.11. The van der Waals surface area contributed by atoms with Crippen LogP contribution in [0.2, 0.25) is 0 Å². The predicted molar refractivity (Wildman–Crippen MR) is 95.2 cm³/mol. The van der Waals surface area contributed by atoms with E-state index in [0.29, 0.717) is 0 Å². The Morgan fingerprint density at radius 1 is 0.952 bits per heavy atom. The van der Waals surface area contributed by atoms with Gasteiger partial charge in [0.05, 0.1) is 0 Å². The normalized spacial score (nSPS) is 21.5. The standard InChI is InChI=1S/C19H17OP/c1-14-7-6-12-21(2,13-14)18-11-5-9-16-15-8-3-4-10-17(15)20-19(16)18/h3-13H,1-2H3. The van der Waals surface area contributed by atoms with Crippen molar-refractivity contribution < 1.29 is 4.42 Å². The van der Waals surface area contributed by atoms with Crippen LogP contribution in [-0.4, -0.2) is 12.5 Å². The third-order valence-electron chi connectivity index (χ3n) is 4.13. The van der Waals surface area contributed by atoms with E-state index in [1.165, 1.54) is 21.7 Å². The number of hydrogen-bond donors (Lipinski definition) is 0. The number of rotatable bonds is 1. The summed E-state index contributed by atoms with van der Waals surface area (Å²) in [7, 11) is 0. The molecule has 0 spiro atoms. The van der Waals surface area contributed by atoms with Crippen LogP contribution < -0.4 is 5.30 Å². The van der Waals surface area contributed by atoms with Gasteiger partial charge >= 0.3 is 0 Å². The van der Waals surface area contributed by atoms with Gasteiger partial charge in [-0.15, -0.1) is 0 Å². The van der Waals surface area contributed by atoms with Crippen LogP contribution in [-0.2, 0) is 0 Å². The Bertz CT molecular complexity index is 970. The highest BCUT2D eigenvalue weighted by molar-refractivity contribution is 7.84. The first-order chi connectivity index (χ1) is 10.2. The van der Waals surface area contributed by atoms with Gasteiger partial charge in [0.2, 0.25) is 0 Å². The number of hydrogen-bond acceptors (Lipinski definition) is 1. The second-order valence-electron chi connectivity index (χ2n) is 5.78. The quantitative estimate of drug-likeness (QED) is 0.566. The molecule has 0 N–H and O–H groups in total. The van der Waals surface area contributed by atoms with Crippen molar-refractivity contribution in [2.75, 3.05) is 6.66 Å². The van der Waals surface area contributed by atoms with E-state index in [4.69, 9.17) is 4.42 Å². The van der Waals surface area contributed by atoms with E-state index in [0.717, 1.165) is 11.2 Å². The Hall–Kier alpha value is -1.98. The highest BCUT2D eigenvalue weighted by atomic mass is 31.2. The molecule has 0 radical (unpaired) electrons. The first-order valence-corrected chi connectivity index (χ1v) is 9.54. The monoisotopic (exact) mass is 292 g/mol. The molecular formula is C19H17OP. The van der Waals surface area contributed by atoms with E-state index < -0.39 is 6.89 Å². The lowest BCUT2D eigenvalue weighted by molar-refractivity contribution is 0.671. The molecule has 0 saturated heterocycles. The second kappa shape index (κ2) is 4.51. The zero-order chi connectivity index (χ0) is 14.4. The fraction of sp³-hybridized carbons (Fsp3) is 0.105. The van der Waals surface area contributed by atoms with Crippen LogP contribution in [0.25, 0.3) is 21.9 Å². The second-order valence-corrected chi connectivity index (χ2v) is 9.11. The molecule has 21 heavy (non-hydrogen) atoms. The summed E-state index contributed by atoms with van der Waals surface area (Å²) in [4.78, 5) is 0. The number of allylic oxidation sites excluding steroid dienone is 3. The molecule has 0 fully saturated rings. The van der Waals surface area contributed by atoms with Crippen molar-refractivity contribution in [3.63, 3.8) is 0 Å².